The molecule has 7 heteroatoms. The van der Waals surface area contributed by atoms with Crippen molar-refractivity contribution in [1.82, 2.24) is 0 Å². The van der Waals surface area contributed by atoms with Crippen molar-refractivity contribution in [3.8, 4) is 5.75 Å². The van der Waals surface area contributed by atoms with Crippen molar-refractivity contribution in [2.75, 3.05) is 13.2 Å². The van der Waals surface area contributed by atoms with Crippen LogP contribution in [0.25, 0.3) is 0 Å². The van der Waals surface area contributed by atoms with Crippen LogP contribution in [0.5, 0.6) is 5.75 Å². The fraction of sp³-hybridized carbons (Fsp3) is 0.250. The van der Waals surface area contributed by atoms with Crippen molar-refractivity contribution >= 4 is 27.6 Å². The van der Waals surface area contributed by atoms with Crippen molar-refractivity contribution in [3.63, 3.8) is 0 Å². The van der Waals surface area contributed by atoms with E-state index in [4.69, 9.17) is 4.74 Å². The molecule has 0 bridgehead atoms. The molecule has 0 aliphatic heterocycles. The molecule has 0 unspecified atom stereocenters. The van der Waals surface area contributed by atoms with Crippen LogP contribution in [0, 0.1) is 10.1 Å². The zero-order valence-electron chi connectivity index (χ0n) is 10.2. The molecule has 0 spiro atoms. The summed E-state index contributed by atoms with van der Waals surface area (Å²) in [5.74, 6) is -0.335. The van der Waals surface area contributed by atoms with Gasteiger partial charge in [-0.15, -0.1) is 0 Å². The van der Waals surface area contributed by atoms with Gasteiger partial charge in [0.05, 0.1) is 11.5 Å². The summed E-state index contributed by atoms with van der Waals surface area (Å²) in [5.41, 5.74) is -0.140. The first-order valence-corrected chi connectivity index (χ1v) is 6.24. The molecule has 19 heavy (non-hydrogen) atoms. The highest BCUT2D eigenvalue weighted by Gasteiger charge is 2.14. The molecule has 0 saturated carbocycles. The van der Waals surface area contributed by atoms with E-state index in [1.54, 1.807) is 13.0 Å². The largest absolute Gasteiger partial charge is 0.483 e. The number of nitrogens with zero attached hydrogens (tertiary/aromatic N) is 1. The lowest BCUT2D eigenvalue weighted by molar-refractivity contribution is -0.385. The van der Waals surface area contributed by atoms with Gasteiger partial charge in [0, 0.05) is 16.6 Å². The maximum atomic E-state index is 11.0. The third kappa shape index (κ3) is 5.09. The number of nitro groups is 1. The maximum Gasteiger partial charge on any atom is 0.330 e. The average Bonchev–Trinajstić information content (AvgIpc) is 2.36. The molecule has 0 amide bonds. The van der Waals surface area contributed by atoms with Crippen LogP contribution in [-0.4, -0.2) is 24.1 Å². The number of ether oxygens (including phenoxy) is 2. The predicted octanol–water partition coefficient (Wildman–Crippen LogP) is 2.86. The van der Waals surface area contributed by atoms with E-state index in [1.807, 2.05) is 0 Å². The van der Waals surface area contributed by atoms with E-state index in [-0.39, 0.29) is 18.0 Å². The average molecular weight is 330 g/mol. The number of carbonyl (C=O) groups is 1. The summed E-state index contributed by atoms with van der Waals surface area (Å²) in [7, 11) is 0. The van der Waals surface area contributed by atoms with Crippen molar-refractivity contribution in [2.45, 2.75) is 6.92 Å². The minimum Gasteiger partial charge on any atom is -0.483 e. The second kappa shape index (κ2) is 7.52. The van der Waals surface area contributed by atoms with Crippen molar-refractivity contribution in [2.24, 2.45) is 0 Å². The lowest BCUT2D eigenvalue weighted by atomic mass is 10.3. The number of benzene rings is 1. The molecule has 0 radical (unpaired) electrons. The Morgan fingerprint density at radius 3 is 2.89 bits per heavy atom. The lowest BCUT2D eigenvalue weighted by Crippen LogP contribution is -2.02. The second-order valence-corrected chi connectivity index (χ2v) is 4.25. The van der Waals surface area contributed by atoms with Crippen LogP contribution in [0.4, 0.5) is 5.69 Å². The Hall–Kier alpha value is -1.89. The van der Waals surface area contributed by atoms with E-state index < -0.39 is 10.9 Å². The van der Waals surface area contributed by atoms with Crippen molar-refractivity contribution in [1.29, 1.82) is 0 Å². The fourth-order valence-corrected chi connectivity index (χ4v) is 1.58. The highest BCUT2D eigenvalue weighted by atomic mass is 79.9. The molecular weight excluding hydrogens is 318 g/mol. The zero-order chi connectivity index (χ0) is 14.3. The molecule has 0 atom stereocenters. The third-order valence-corrected chi connectivity index (χ3v) is 2.49. The molecule has 0 aromatic heterocycles. The van der Waals surface area contributed by atoms with Crippen LogP contribution in [0.2, 0.25) is 0 Å². The van der Waals surface area contributed by atoms with E-state index in [2.05, 4.69) is 20.7 Å². The van der Waals surface area contributed by atoms with Gasteiger partial charge in [0.25, 0.3) is 0 Å². The first-order valence-electron chi connectivity index (χ1n) is 5.44. The first kappa shape index (κ1) is 15.2. The normalized spacial score (nSPS) is 10.4. The number of esters is 1. The number of hydrogen-bond acceptors (Lipinski definition) is 5. The van der Waals surface area contributed by atoms with Gasteiger partial charge < -0.3 is 9.47 Å². The molecule has 0 heterocycles. The summed E-state index contributed by atoms with van der Waals surface area (Å²) in [4.78, 5) is 21.3. The smallest absolute Gasteiger partial charge is 0.330 e. The summed E-state index contributed by atoms with van der Waals surface area (Å²) in [5, 5.41) is 10.8. The summed E-state index contributed by atoms with van der Waals surface area (Å²) in [6.07, 6.45) is 2.65. The quantitative estimate of drug-likeness (QED) is 0.347. The molecule has 1 aromatic rings. The number of halogens is 1. The Balaban J connectivity index is 2.63. The number of hydrogen-bond donors (Lipinski definition) is 0. The van der Waals surface area contributed by atoms with Crippen LogP contribution in [0.1, 0.15) is 6.92 Å². The van der Waals surface area contributed by atoms with Gasteiger partial charge in [0.15, 0.2) is 5.75 Å². The van der Waals surface area contributed by atoms with Crippen LogP contribution >= 0.6 is 15.9 Å². The lowest BCUT2D eigenvalue weighted by Gasteiger charge is -2.04. The molecule has 0 aliphatic rings. The Labute approximate surface area is 118 Å². The topological polar surface area (TPSA) is 78.7 Å². The molecule has 1 rings (SSSR count). The number of rotatable bonds is 6. The monoisotopic (exact) mass is 329 g/mol. The first-order chi connectivity index (χ1) is 9.04. The van der Waals surface area contributed by atoms with Crippen LogP contribution < -0.4 is 4.74 Å². The Morgan fingerprint density at radius 2 is 2.26 bits per heavy atom. The summed E-state index contributed by atoms with van der Waals surface area (Å²) in [6, 6.07) is 4.47. The van der Waals surface area contributed by atoms with Gasteiger partial charge in [-0.3, -0.25) is 10.1 Å². The van der Waals surface area contributed by atoms with Gasteiger partial charge in [-0.1, -0.05) is 15.9 Å². The molecule has 1 aromatic carbocycles. The van der Waals surface area contributed by atoms with Gasteiger partial charge in [0.1, 0.15) is 6.61 Å². The molecule has 0 saturated heterocycles. The van der Waals surface area contributed by atoms with Gasteiger partial charge >= 0.3 is 11.7 Å². The van der Waals surface area contributed by atoms with E-state index >= 15 is 0 Å². The fourth-order valence-electron chi connectivity index (χ4n) is 1.23. The van der Waals surface area contributed by atoms with Crippen molar-refractivity contribution < 1.29 is 19.2 Å². The van der Waals surface area contributed by atoms with E-state index in [0.29, 0.717) is 11.1 Å². The van der Waals surface area contributed by atoms with Crippen LogP contribution in [-0.2, 0) is 9.53 Å². The van der Waals surface area contributed by atoms with E-state index in [9.17, 15) is 14.9 Å². The highest BCUT2D eigenvalue weighted by Crippen LogP contribution is 2.29. The Kier molecular flexibility index (Phi) is 6.01. The molecule has 0 fully saturated rings. The standard InChI is InChI=1S/C12H12BrNO5/c1-2-18-12(15)4-3-7-19-11-6-5-9(13)8-10(11)14(16)17/h3-6,8H,2,7H2,1H3/b4-3+. The van der Waals surface area contributed by atoms with Gasteiger partial charge in [-0.2, -0.15) is 0 Å². The summed E-state index contributed by atoms with van der Waals surface area (Å²) in [6.45, 7) is 2.04. The molecular formula is C12H12BrNO5. The number of nitro benzene ring substituents is 1. The molecule has 0 N–H and O–H groups in total. The maximum absolute atomic E-state index is 11.0. The predicted molar refractivity (Wildman–Crippen MR) is 72.1 cm³/mol. The summed E-state index contributed by atoms with van der Waals surface area (Å²) < 4.78 is 10.5. The Bertz CT molecular complexity index is 501. The SMILES string of the molecule is CCOC(=O)/C=C/COc1ccc(Br)cc1[N+](=O)[O-]. The van der Waals surface area contributed by atoms with Gasteiger partial charge in [0.2, 0.25) is 0 Å². The van der Waals surface area contributed by atoms with Gasteiger partial charge in [-0.25, -0.2) is 4.79 Å². The minimum absolute atomic E-state index is 0.0429. The minimum atomic E-state index is -0.533. The molecule has 6 nitrogen and oxygen atoms in total. The molecule has 102 valence electrons. The van der Waals surface area contributed by atoms with Crippen LogP contribution in [0.3, 0.4) is 0 Å². The van der Waals surface area contributed by atoms with Crippen LogP contribution in [0.15, 0.2) is 34.8 Å². The zero-order valence-corrected chi connectivity index (χ0v) is 11.8. The third-order valence-electron chi connectivity index (χ3n) is 1.99. The van der Waals surface area contributed by atoms with E-state index in [0.717, 1.165) is 0 Å². The Morgan fingerprint density at radius 1 is 1.53 bits per heavy atom. The number of carbonyl (C=O) groups excluding carboxylic acids is 1. The van der Waals surface area contributed by atoms with Gasteiger partial charge in [-0.05, 0) is 25.1 Å². The molecule has 0 aliphatic carbocycles. The summed E-state index contributed by atoms with van der Waals surface area (Å²) >= 11 is 3.15. The van der Waals surface area contributed by atoms with Crippen molar-refractivity contribution in [3.05, 3.63) is 44.9 Å². The second-order valence-electron chi connectivity index (χ2n) is 3.33. The highest BCUT2D eigenvalue weighted by molar-refractivity contribution is 9.10. The van der Waals surface area contributed by atoms with E-state index in [1.165, 1.54) is 24.3 Å².